The lowest BCUT2D eigenvalue weighted by molar-refractivity contribution is 0.0939. The van der Waals surface area contributed by atoms with Crippen molar-refractivity contribution in [1.82, 2.24) is 19.7 Å². The molecule has 0 spiro atoms. The molecule has 1 aliphatic rings. The molecule has 0 unspecified atom stereocenters. The fraction of sp³-hybridized carbons (Fsp3) is 0.381. The lowest BCUT2D eigenvalue weighted by Gasteiger charge is -2.18. The minimum Gasteiger partial charge on any atom is -0.389 e. The lowest BCUT2D eigenvalue weighted by Crippen LogP contribution is -2.29. The molecule has 7 nitrogen and oxygen atoms in total. The number of nitrogens with one attached hydrogen (secondary N) is 2. The van der Waals surface area contributed by atoms with Gasteiger partial charge in [-0.1, -0.05) is 12.1 Å². The number of carbonyl (C=O) groups is 1. The first-order valence-corrected chi connectivity index (χ1v) is 10.4. The summed E-state index contributed by atoms with van der Waals surface area (Å²) in [6.45, 7) is 5.74. The molecule has 3 aromatic rings. The highest BCUT2D eigenvalue weighted by atomic mass is 79.9. The summed E-state index contributed by atoms with van der Waals surface area (Å²) in [5, 5.41) is 16.2. The predicted molar refractivity (Wildman–Crippen MR) is 116 cm³/mol. The van der Waals surface area contributed by atoms with E-state index in [-0.39, 0.29) is 5.91 Å². The second-order valence-corrected chi connectivity index (χ2v) is 9.01. The molecule has 1 fully saturated rings. The number of anilines is 1. The van der Waals surface area contributed by atoms with Gasteiger partial charge >= 0.3 is 0 Å². The van der Waals surface area contributed by atoms with E-state index in [9.17, 15) is 9.90 Å². The first kappa shape index (κ1) is 19.8. The second-order valence-electron chi connectivity index (χ2n) is 8.19. The summed E-state index contributed by atoms with van der Waals surface area (Å²) in [5.74, 6) is 0.544. The molecule has 2 aromatic heterocycles. The maximum Gasteiger partial charge on any atom is 0.251 e. The summed E-state index contributed by atoms with van der Waals surface area (Å²) in [4.78, 5) is 21.6. The van der Waals surface area contributed by atoms with Crippen molar-refractivity contribution in [3.63, 3.8) is 0 Å². The Kier molecular flexibility index (Phi) is 5.08. The van der Waals surface area contributed by atoms with Gasteiger partial charge in [0.2, 0.25) is 0 Å². The number of aliphatic hydroxyl groups is 1. The Morgan fingerprint density at radius 2 is 2.14 bits per heavy atom. The Balaban J connectivity index is 1.73. The standard InChI is InChI=1S/C21H24BrN5O2/c1-12-4-5-13(8-15(12)20(28)25-14-6-7-14)16-9-23-19-18(24-11-21(2,3)29)26-17(22)10-27(16)19/h4-5,8-10,14,29H,6-7,11H2,1-3H3,(H,24,26)(H,25,28). The van der Waals surface area contributed by atoms with E-state index in [1.165, 1.54) is 0 Å². The molecule has 1 saturated carbocycles. The van der Waals surface area contributed by atoms with E-state index < -0.39 is 5.60 Å². The van der Waals surface area contributed by atoms with Gasteiger partial charge in [-0.2, -0.15) is 0 Å². The van der Waals surface area contributed by atoms with Crippen molar-refractivity contribution in [2.24, 2.45) is 0 Å². The molecule has 152 valence electrons. The molecular formula is C21H24BrN5O2. The van der Waals surface area contributed by atoms with Gasteiger partial charge in [0.25, 0.3) is 5.91 Å². The Labute approximate surface area is 177 Å². The fourth-order valence-corrected chi connectivity index (χ4v) is 3.49. The number of fused-ring (bicyclic) bond motifs is 1. The minimum absolute atomic E-state index is 0.0314. The van der Waals surface area contributed by atoms with Crippen LogP contribution in [0.15, 0.2) is 35.2 Å². The molecule has 0 bridgehead atoms. The number of benzene rings is 1. The predicted octanol–water partition coefficient (Wildman–Crippen LogP) is 3.54. The Morgan fingerprint density at radius 1 is 1.38 bits per heavy atom. The fourth-order valence-electron chi connectivity index (χ4n) is 3.11. The van der Waals surface area contributed by atoms with E-state index in [1.807, 2.05) is 35.7 Å². The van der Waals surface area contributed by atoms with Crippen molar-refractivity contribution in [2.45, 2.75) is 45.3 Å². The number of aryl methyl sites for hydroxylation is 1. The molecule has 0 saturated heterocycles. The van der Waals surface area contributed by atoms with Crippen LogP contribution in [0.4, 0.5) is 5.82 Å². The number of nitrogens with zero attached hydrogens (tertiary/aromatic N) is 3. The number of imidazole rings is 1. The summed E-state index contributed by atoms with van der Waals surface area (Å²) < 4.78 is 2.57. The van der Waals surface area contributed by atoms with E-state index >= 15 is 0 Å². The Morgan fingerprint density at radius 3 is 2.83 bits per heavy atom. The first-order valence-electron chi connectivity index (χ1n) is 9.63. The molecule has 29 heavy (non-hydrogen) atoms. The second kappa shape index (κ2) is 7.42. The van der Waals surface area contributed by atoms with Gasteiger partial charge in [-0.25, -0.2) is 9.97 Å². The molecule has 0 radical (unpaired) electrons. The van der Waals surface area contributed by atoms with Crippen molar-refractivity contribution in [2.75, 3.05) is 11.9 Å². The van der Waals surface area contributed by atoms with Crippen LogP contribution in [0.5, 0.6) is 0 Å². The molecule has 0 atom stereocenters. The molecular weight excluding hydrogens is 434 g/mol. The Bertz CT molecular complexity index is 1080. The quantitative estimate of drug-likeness (QED) is 0.526. The molecule has 3 N–H and O–H groups in total. The van der Waals surface area contributed by atoms with Crippen LogP contribution < -0.4 is 10.6 Å². The van der Waals surface area contributed by atoms with Crippen LogP contribution >= 0.6 is 15.9 Å². The third kappa shape index (κ3) is 4.43. The average molecular weight is 458 g/mol. The van der Waals surface area contributed by atoms with Crippen LogP contribution in [0.25, 0.3) is 16.9 Å². The number of hydrogen-bond acceptors (Lipinski definition) is 5. The number of carbonyl (C=O) groups excluding carboxylic acids is 1. The number of hydrogen-bond donors (Lipinski definition) is 3. The highest BCUT2D eigenvalue weighted by Gasteiger charge is 2.25. The SMILES string of the molecule is Cc1ccc(-c2cnc3c(NCC(C)(C)O)nc(Br)cn23)cc1C(=O)NC1CC1. The summed E-state index contributed by atoms with van der Waals surface area (Å²) in [7, 11) is 0. The first-order chi connectivity index (χ1) is 13.7. The van der Waals surface area contributed by atoms with Gasteiger partial charge in [0.1, 0.15) is 4.60 Å². The van der Waals surface area contributed by atoms with Crippen LogP contribution in [0.2, 0.25) is 0 Å². The highest BCUT2D eigenvalue weighted by molar-refractivity contribution is 9.10. The molecule has 1 aromatic carbocycles. The van der Waals surface area contributed by atoms with Crippen molar-refractivity contribution in [1.29, 1.82) is 0 Å². The van der Waals surface area contributed by atoms with E-state index in [4.69, 9.17) is 0 Å². The van der Waals surface area contributed by atoms with E-state index in [1.54, 1.807) is 20.0 Å². The van der Waals surface area contributed by atoms with E-state index in [0.717, 1.165) is 29.7 Å². The maximum atomic E-state index is 12.6. The van der Waals surface area contributed by atoms with Gasteiger partial charge in [-0.05, 0) is 61.2 Å². The molecule has 8 heteroatoms. The van der Waals surface area contributed by atoms with Crippen LogP contribution in [0, 0.1) is 6.92 Å². The monoisotopic (exact) mass is 457 g/mol. The Hall–Kier alpha value is -2.45. The normalized spacial score (nSPS) is 14.2. The topological polar surface area (TPSA) is 91.6 Å². The zero-order valence-corrected chi connectivity index (χ0v) is 18.2. The van der Waals surface area contributed by atoms with Gasteiger partial charge in [0.15, 0.2) is 11.5 Å². The summed E-state index contributed by atoms with van der Waals surface area (Å²) in [6.07, 6.45) is 5.72. The number of halogens is 1. The largest absolute Gasteiger partial charge is 0.389 e. The van der Waals surface area contributed by atoms with E-state index in [0.29, 0.717) is 34.2 Å². The zero-order valence-electron chi connectivity index (χ0n) is 16.7. The van der Waals surface area contributed by atoms with Crippen LogP contribution in [0.1, 0.15) is 42.6 Å². The lowest BCUT2D eigenvalue weighted by atomic mass is 10.0. The minimum atomic E-state index is -0.878. The third-order valence-corrected chi connectivity index (χ3v) is 5.22. The van der Waals surface area contributed by atoms with Crippen molar-refractivity contribution in [3.05, 3.63) is 46.3 Å². The van der Waals surface area contributed by atoms with Crippen molar-refractivity contribution < 1.29 is 9.90 Å². The summed E-state index contributed by atoms with van der Waals surface area (Å²) in [5.41, 5.74) is 3.15. The average Bonchev–Trinajstić information content (AvgIpc) is 3.36. The van der Waals surface area contributed by atoms with E-state index in [2.05, 4.69) is 36.5 Å². The third-order valence-electron chi connectivity index (χ3n) is 4.84. The molecule has 1 aliphatic carbocycles. The number of amides is 1. The van der Waals surface area contributed by atoms with Crippen LogP contribution in [-0.4, -0.2) is 43.6 Å². The molecule has 4 rings (SSSR count). The number of rotatable bonds is 6. The van der Waals surface area contributed by atoms with Gasteiger partial charge < -0.3 is 15.7 Å². The summed E-state index contributed by atoms with van der Waals surface area (Å²) in [6, 6.07) is 6.17. The van der Waals surface area contributed by atoms with Crippen LogP contribution in [0.3, 0.4) is 0 Å². The zero-order chi connectivity index (χ0) is 20.8. The molecule has 2 heterocycles. The highest BCUT2D eigenvalue weighted by Crippen LogP contribution is 2.28. The smallest absolute Gasteiger partial charge is 0.251 e. The summed E-state index contributed by atoms with van der Waals surface area (Å²) >= 11 is 3.45. The number of aromatic nitrogens is 3. The van der Waals surface area contributed by atoms with Gasteiger partial charge in [-0.15, -0.1) is 0 Å². The maximum absolute atomic E-state index is 12.6. The van der Waals surface area contributed by atoms with Gasteiger partial charge in [-0.3, -0.25) is 9.20 Å². The van der Waals surface area contributed by atoms with Gasteiger partial charge in [0, 0.05) is 29.9 Å². The molecule has 0 aliphatic heterocycles. The van der Waals surface area contributed by atoms with Gasteiger partial charge in [0.05, 0.1) is 17.5 Å². The van der Waals surface area contributed by atoms with Crippen LogP contribution in [-0.2, 0) is 0 Å². The van der Waals surface area contributed by atoms with Crippen molar-refractivity contribution >= 4 is 33.3 Å². The van der Waals surface area contributed by atoms with Crippen molar-refractivity contribution in [3.8, 4) is 11.3 Å². The molecule has 1 amide bonds.